The second-order valence-electron chi connectivity index (χ2n) is 9.94. The Balaban J connectivity index is 1.46. The van der Waals surface area contributed by atoms with Crippen LogP contribution < -0.4 is 5.73 Å². The van der Waals surface area contributed by atoms with E-state index in [9.17, 15) is 4.79 Å². The Hall–Kier alpha value is -3.90. The number of hydrogen-bond donors (Lipinski definition) is 1. The third kappa shape index (κ3) is 3.88. The molecule has 182 valence electrons. The number of imidazole rings is 1. The van der Waals surface area contributed by atoms with Crippen molar-refractivity contribution in [2.24, 2.45) is 5.73 Å². The number of hydrogen-bond acceptors (Lipinski definition) is 3. The summed E-state index contributed by atoms with van der Waals surface area (Å²) in [6, 6.07) is 25.2. The monoisotopic (exact) mass is 477 g/mol. The molecule has 2 aromatic carbocycles. The van der Waals surface area contributed by atoms with Crippen LogP contribution in [0.1, 0.15) is 40.2 Å². The van der Waals surface area contributed by atoms with Gasteiger partial charge in [-0.15, -0.1) is 0 Å². The Bertz CT molecular complexity index is 1580. The summed E-state index contributed by atoms with van der Waals surface area (Å²) in [6.45, 7) is 6.28. The van der Waals surface area contributed by atoms with E-state index in [1.54, 1.807) is 0 Å². The number of aryl methyl sites for hydroxylation is 2. The number of rotatable bonds is 4. The normalized spacial score (nSPS) is 16.2. The van der Waals surface area contributed by atoms with Crippen LogP contribution in [0.15, 0.2) is 72.8 Å². The molecule has 0 unspecified atom stereocenters. The van der Waals surface area contributed by atoms with Gasteiger partial charge in [-0.3, -0.25) is 4.79 Å². The molecule has 6 heteroatoms. The minimum Gasteiger partial charge on any atom is -0.337 e. The molecular formula is C30H31N5O. The molecule has 0 aliphatic carbocycles. The molecule has 6 rings (SSSR count). The molecule has 0 bridgehead atoms. The van der Waals surface area contributed by atoms with Crippen molar-refractivity contribution < 1.29 is 4.79 Å². The van der Waals surface area contributed by atoms with E-state index in [0.29, 0.717) is 12.1 Å². The van der Waals surface area contributed by atoms with Gasteiger partial charge in [0.05, 0.1) is 5.69 Å². The fourth-order valence-corrected chi connectivity index (χ4v) is 5.62. The standard InChI is InChI=1S/C30H31N5O/c1-20-15-24(30(36)33-14-8-12-25(31)19-33)17-28-32-29(21(2)35(20)28)27-16-23-11-6-7-13-26(23)34(27)18-22-9-4-3-5-10-22/h3-7,9-11,13,15-17,25H,8,12,14,18-19,31H2,1-2H3/t25-/m1/s1. The van der Waals surface area contributed by atoms with E-state index in [2.05, 4.69) is 70.5 Å². The summed E-state index contributed by atoms with van der Waals surface area (Å²) in [4.78, 5) is 20.3. The third-order valence-corrected chi connectivity index (χ3v) is 7.36. The first-order valence-electron chi connectivity index (χ1n) is 12.7. The third-order valence-electron chi connectivity index (χ3n) is 7.36. The predicted octanol–water partition coefficient (Wildman–Crippen LogP) is 5.18. The van der Waals surface area contributed by atoms with Gasteiger partial charge in [0.25, 0.3) is 5.91 Å². The maximum Gasteiger partial charge on any atom is 0.254 e. The predicted molar refractivity (Wildman–Crippen MR) is 144 cm³/mol. The van der Waals surface area contributed by atoms with Crippen molar-refractivity contribution in [1.82, 2.24) is 18.9 Å². The number of pyridine rings is 1. The number of carbonyl (C=O) groups is 1. The fraction of sp³-hybridized carbons (Fsp3) is 0.267. The Kier molecular flexibility index (Phi) is 5.61. The van der Waals surface area contributed by atoms with Crippen LogP contribution in [0.4, 0.5) is 0 Å². The topological polar surface area (TPSA) is 68.6 Å². The molecule has 6 nitrogen and oxygen atoms in total. The van der Waals surface area contributed by atoms with Gasteiger partial charge in [0, 0.05) is 53.5 Å². The average molecular weight is 478 g/mol. The van der Waals surface area contributed by atoms with E-state index in [4.69, 9.17) is 10.7 Å². The molecule has 1 amide bonds. The van der Waals surface area contributed by atoms with Gasteiger partial charge in [-0.1, -0.05) is 48.5 Å². The van der Waals surface area contributed by atoms with E-state index in [-0.39, 0.29) is 11.9 Å². The number of piperidine rings is 1. The highest BCUT2D eigenvalue weighted by Crippen LogP contribution is 2.32. The number of nitrogens with zero attached hydrogens (tertiary/aromatic N) is 4. The highest BCUT2D eigenvalue weighted by molar-refractivity contribution is 5.95. The molecule has 1 atom stereocenters. The molecule has 0 radical (unpaired) electrons. The summed E-state index contributed by atoms with van der Waals surface area (Å²) in [5.74, 6) is 0.0381. The second-order valence-corrected chi connectivity index (χ2v) is 9.94. The van der Waals surface area contributed by atoms with Gasteiger partial charge in [-0.2, -0.15) is 0 Å². The lowest BCUT2D eigenvalue weighted by molar-refractivity contribution is 0.0708. The number of benzene rings is 2. The molecule has 0 spiro atoms. The molecule has 36 heavy (non-hydrogen) atoms. The van der Waals surface area contributed by atoms with Crippen molar-refractivity contribution in [3.8, 4) is 11.4 Å². The molecule has 0 saturated carbocycles. The SMILES string of the molecule is Cc1cc(C(=O)N2CCC[C@@H](N)C2)cc2nc(-c3cc4ccccc4n3Cc3ccccc3)c(C)n12. The van der Waals surface area contributed by atoms with Gasteiger partial charge in [0.15, 0.2) is 0 Å². The number of carbonyl (C=O) groups excluding carboxylic acids is 1. The first kappa shape index (κ1) is 22.6. The van der Waals surface area contributed by atoms with Crippen LogP contribution in [0.25, 0.3) is 27.9 Å². The van der Waals surface area contributed by atoms with Crippen LogP contribution in [-0.4, -0.2) is 43.9 Å². The molecule has 5 aromatic rings. The molecule has 4 heterocycles. The summed E-state index contributed by atoms with van der Waals surface area (Å²) in [6.07, 6.45) is 1.92. The Morgan fingerprint density at radius 2 is 1.81 bits per heavy atom. The zero-order valence-electron chi connectivity index (χ0n) is 20.8. The van der Waals surface area contributed by atoms with E-state index in [1.807, 2.05) is 30.0 Å². The molecule has 1 aliphatic rings. The molecule has 3 aromatic heterocycles. The highest BCUT2D eigenvalue weighted by Gasteiger charge is 2.24. The van der Waals surface area contributed by atoms with Crippen LogP contribution in [0.3, 0.4) is 0 Å². The van der Waals surface area contributed by atoms with E-state index in [1.165, 1.54) is 16.5 Å². The first-order valence-corrected chi connectivity index (χ1v) is 12.7. The number of nitrogens with two attached hydrogens (primary N) is 1. The van der Waals surface area contributed by atoms with Gasteiger partial charge in [-0.25, -0.2) is 4.98 Å². The molecular weight excluding hydrogens is 446 g/mol. The van der Waals surface area contributed by atoms with Crippen molar-refractivity contribution in [3.63, 3.8) is 0 Å². The van der Waals surface area contributed by atoms with E-state index in [0.717, 1.165) is 54.4 Å². The van der Waals surface area contributed by atoms with E-state index < -0.39 is 0 Å². The summed E-state index contributed by atoms with van der Waals surface area (Å²) < 4.78 is 4.49. The Morgan fingerprint density at radius 3 is 2.61 bits per heavy atom. The molecule has 2 N–H and O–H groups in total. The number of fused-ring (bicyclic) bond motifs is 2. The highest BCUT2D eigenvalue weighted by atomic mass is 16.2. The Labute approximate surface area is 211 Å². The smallest absolute Gasteiger partial charge is 0.254 e. The fourth-order valence-electron chi connectivity index (χ4n) is 5.62. The summed E-state index contributed by atoms with van der Waals surface area (Å²) in [5.41, 5.74) is 14.1. The van der Waals surface area contributed by atoms with Gasteiger partial charge >= 0.3 is 0 Å². The summed E-state index contributed by atoms with van der Waals surface area (Å²) in [7, 11) is 0. The van der Waals surface area contributed by atoms with Crippen LogP contribution >= 0.6 is 0 Å². The van der Waals surface area contributed by atoms with Gasteiger partial charge in [0.2, 0.25) is 0 Å². The van der Waals surface area contributed by atoms with Crippen molar-refractivity contribution in [1.29, 1.82) is 0 Å². The summed E-state index contributed by atoms with van der Waals surface area (Å²) in [5, 5.41) is 1.19. The summed E-state index contributed by atoms with van der Waals surface area (Å²) >= 11 is 0. The second kappa shape index (κ2) is 8.95. The van der Waals surface area contributed by atoms with Crippen molar-refractivity contribution in [2.45, 2.75) is 39.3 Å². The van der Waals surface area contributed by atoms with Crippen LogP contribution in [0, 0.1) is 13.8 Å². The van der Waals surface area contributed by atoms with Crippen LogP contribution in [-0.2, 0) is 6.54 Å². The number of likely N-dealkylation sites (tertiary alicyclic amines) is 1. The zero-order chi connectivity index (χ0) is 24.8. The first-order chi connectivity index (χ1) is 17.5. The van der Waals surface area contributed by atoms with Gasteiger partial charge in [0.1, 0.15) is 11.3 Å². The lowest BCUT2D eigenvalue weighted by Crippen LogP contribution is -2.45. The maximum absolute atomic E-state index is 13.3. The van der Waals surface area contributed by atoms with Crippen molar-refractivity contribution in [3.05, 3.63) is 95.3 Å². The van der Waals surface area contributed by atoms with Gasteiger partial charge < -0.3 is 19.6 Å². The lowest BCUT2D eigenvalue weighted by atomic mass is 10.1. The molecule has 1 saturated heterocycles. The lowest BCUT2D eigenvalue weighted by Gasteiger charge is -2.30. The minimum atomic E-state index is 0.0381. The zero-order valence-corrected chi connectivity index (χ0v) is 20.8. The largest absolute Gasteiger partial charge is 0.337 e. The molecule has 1 fully saturated rings. The maximum atomic E-state index is 13.3. The average Bonchev–Trinajstić information content (AvgIpc) is 3.41. The van der Waals surface area contributed by atoms with Gasteiger partial charge in [-0.05, 0) is 56.5 Å². The van der Waals surface area contributed by atoms with Crippen LogP contribution in [0.2, 0.25) is 0 Å². The number of amides is 1. The number of para-hydroxylation sites is 1. The number of aromatic nitrogens is 3. The molecule has 1 aliphatic heterocycles. The minimum absolute atomic E-state index is 0.0381. The van der Waals surface area contributed by atoms with E-state index >= 15 is 0 Å². The van der Waals surface area contributed by atoms with Crippen molar-refractivity contribution >= 4 is 22.5 Å². The van der Waals surface area contributed by atoms with Crippen LogP contribution in [0.5, 0.6) is 0 Å². The Morgan fingerprint density at radius 1 is 1.03 bits per heavy atom. The van der Waals surface area contributed by atoms with Crippen molar-refractivity contribution in [2.75, 3.05) is 13.1 Å². The quantitative estimate of drug-likeness (QED) is 0.388.